The third-order valence-electron chi connectivity index (χ3n) is 1.50. The van der Waals surface area contributed by atoms with E-state index in [0.29, 0.717) is 0 Å². The molecule has 0 aliphatic carbocycles. The van der Waals surface area contributed by atoms with Crippen molar-refractivity contribution < 1.29 is 14.3 Å². The molecule has 1 aromatic heterocycles. The summed E-state index contributed by atoms with van der Waals surface area (Å²) >= 11 is 0. The van der Waals surface area contributed by atoms with Gasteiger partial charge in [-0.05, 0) is 0 Å². The van der Waals surface area contributed by atoms with E-state index in [1.807, 2.05) is 0 Å². The molecule has 0 radical (unpaired) electrons. The number of carbonyl (C=O) groups is 1. The van der Waals surface area contributed by atoms with Gasteiger partial charge in [0.2, 0.25) is 5.89 Å². The predicted octanol–water partition coefficient (Wildman–Crippen LogP) is -0.974. The molecule has 6 nitrogen and oxygen atoms in total. The fourth-order valence-corrected chi connectivity index (χ4v) is 0.768. The summed E-state index contributed by atoms with van der Waals surface area (Å²) in [5.41, 5.74) is 5.57. The van der Waals surface area contributed by atoms with Gasteiger partial charge in [0.25, 0.3) is 5.91 Å². The average molecular weight is 185 g/mol. The summed E-state index contributed by atoms with van der Waals surface area (Å²) in [7, 11) is 1.49. The van der Waals surface area contributed by atoms with Gasteiger partial charge in [0.15, 0.2) is 5.69 Å². The molecule has 1 rings (SSSR count). The van der Waals surface area contributed by atoms with Crippen molar-refractivity contribution in [1.29, 1.82) is 0 Å². The quantitative estimate of drug-likeness (QED) is 0.562. The van der Waals surface area contributed by atoms with Gasteiger partial charge in [-0.2, -0.15) is 0 Å². The van der Waals surface area contributed by atoms with E-state index in [1.165, 1.54) is 13.3 Å². The van der Waals surface area contributed by atoms with E-state index >= 15 is 0 Å². The van der Waals surface area contributed by atoms with E-state index in [-0.39, 0.29) is 24.1 Å². The van der Waals surface area contributed by atoms with Crippen molar-refractivity contribution in [3.8, 4) is 0 Å². The van der Waals surface area contributed by atoms with Crippen LogP contribution in [-0.2, 0) is 0 Å². The zero-order valence-corrected chi connectivity index (χ0v) is 7.15. The molecule has 13 heavy (non-hydrogen) atoms. The van der Waals surface area contributed by atoms with Crippen LogP contribution in [0.15, 0.2) is 10.7 Å². The van der Waals surface area contributed by atoms with E-state index in [1.54, 1.807) is 0 Å². The number of nitrogens with two attached hydrogens (primary N) is 1. The van der Waals surface area contributed by atoms with Gasteiger partial charge in [-0.15, -0.1) is 0 Å². The lowest BCUT2D eigenvalue weighted by molar-refractivity contribution is 0.0958. The first-order valence-electron chi connectivity index (χ1n) is 3.73. The Labute approximate surface area is 74.8 Å². The van der Waals surface area contributed by atoms with Crippen LogP contribution >= 0.6 is 0 Å². The number of nitrogens with zero attached hydrogens (tertiary/aromatic N) is 1. The molecule has 1 amide bonds. The van der Waals surface area contributed by atoms with Gasteiger partial charge in [0, 0.05) is 7.05 Å². The summed E-state index contributed by atoms with van der Waals surface area (Å²) in [6.45, 7) is -0.270. The van der Waals surface area contributed by atoms with E-state index in [9.17, 15) is 4.79 Å². The fourth-order valence-electron chi connectivity index (χ4n) is 0.768. The van der Waals surface area contributed by atoms with Gasteiger partial charge in [-0.1, -0.05) is 0 Å². The van der Waals surface area contributed by atoms with Crippen molar-refractivity contribution in [1.82, 2.24) is 10.3 Å². The molecule has 0 saturated heterocycles. The highest BCUT2D eigenvalue weighted by molar-refractivity contribution is 5.91. The minimum absolute atomic E-state index is 0.154. The van der Waals surface area contributed by atoms with Gasteiger partial charge >= 0.3 is 0 Å². The maximum absolute atomic E-state index is 11.0. The Morgan fingerprint density at radius 2 is 2.62 bits per heavy atom. The molecule has 0 spiro atoms. The van der Waals surface area contributed by atoms with Crippen molar-refractivity contribution in [3.05, 3.63) is 17.8 Å². The minimum atomic E-state index is -0.682. The maximum atomic E-state index is 11.0. The largest absolute Gasteiger partial charge is 0.446 e. The van der Waals surface area contributed by atoms with E-state index < -0.39 is 6.04 Å². The lowest BCUT2D eigenvalue weighted by Crippen LogP contribution is -2.19. The highest BCUT2D eigenvalue weighted by Crippen LogP contribution is 2.08. The number of rotatable bonds is 3. The van der Waals surface area contributed by atoms with Gasteiger partial charge in [0.05, 0.1) is 6.61 Å². The Kier molecular flexibility index (Phi) is 2.99. The molecule has 0 aromatic carbocycles. The number of nitrogens with one attached hydrogen (secondary N) is 1. The average Bonchev–Trinajstić information content (AvgIpc) is 2.64. The highest BCUT2D eigenvalue weighted by Gasteiger charge is 2.14. The lowest BCUT2D eigenvalue weighted by Gasteiger charge is -1.99. The second-order valence-electron chi connectivity index (χ2n) is 2.44. The third-order valence-corrected chi connectivity index (χ3v) is 1.50. The van der Waals surface area contributed by atoms with Gasteiger partial charge in [-0.25, -0.2) is 4.98 Å². The summed E-state index contributed by atoms with van der Waals surface area (Å²) in [4.78, 5) is 14.8. The van der Waals surface area contributed by atoms with Crippen LogP contribution in [0.25, 0.3) is 0 Å². The Hall–Kier alpha value is -1.40. The SMILES string of the molecule is CNC(=O)c1coc(C(N)CO)n1. The molecule has 0 fully saturated rings. The number of aliphatic hydroxyl groups is 1. The van der Waals surface area contributed by atoms with Crippen LogP contribution < -0.4 is 11.1 Å². The summed E-state index contributed by atoms with van der Waals surface area (Å²) in [5.74, 6) is -0.193. The molecule has 0 aliphatic heterocycles. The van der Waals surface area contributed by atoms with Gasteiger partial charge in [0.1, 0.15) is 12.3 Å². The minimum Gasteiger partial charge on any atom is -0.446 e. The normalized spacial score (nSPS) is 12.5. The Morgan fingerprint density at radius 1 is 1.92 bits per heavy atom. The van der Waals surface area contributed by atoms with Crippen molar-refractivity contribution in [2.24, 2.45) is 5.73 Å². The van der Waals surface area contributed by atoms with Crippen LogP contribution in [-0.4, -0.2) is 29.7 Å². The first-order valence-corrected chi connectivity index (χ1v) is 3.73. The second-order valence-corrected chi connectivity index (χ2v) is 2.44. The van der Waals surface area contributed by atoms with E-state index in [0.717, 1.165) is 0 Å². The third kappa shape index (κ3) is 2.04. The Morgan fingerprint density at radius 3 is 3.15 bits per heavy atom. The Bertz CT molecular complexity index is 297. The monoisotopic (exact) mass is 185 g/mol. The molecule has 1 heterocycles. The maximum Gasteiger partial charge on any atom is 0.272 e. The van der Waals surface area contributed by atoms with Crippen LogP contribution in [0.2, 0.25) is 0 Å². The summed E-state index contributed by atoms with van der Waals surface area (Å²) in [5, 5.41) is 11.1. The molecular formula is C7H11N3O3. The first-order chi connectivity index (χ1) is 6.19. The number of amides is 1. The van der Waals surface area contributed by atoms with E-state index in [4.69, 9.17) is 15.3 Å². The van der Waals surface area contributed by atoms with Crippen LogP contribution in [0.4, 0.5) is 0 Å². The zero-order chi connectivity index (χ0) is 9.84. The topological polar surface area (TPSA) is 101 Å². The van der Waals surface area contributed by atoms with Crippen molar-refractivity contribution in [2.75, 3.05) is 13.7 Å². The molecular weight excluding hydrogens is 174 g/mol. The van der Waals surface area contributed by atoms with Crippen LogP contribution in [0.3, 0.4) is 0 Å². The Balaban J connectivity index is 2.80. The fraction of sp³-hybridized carbons (Fsp3) is 0.429. The number of aliphatic hydroxyl groups excluding tert-OH is 1. The number of oxazole rings is 1. The van der Waals surface area contributed by atoms with Gasteiger partial charge in [-0.3, -0.25) is 4.79 Å². The predicted molar refractivity (Wildman–Crippen MR) is 43.9 cm³/mol. The molecule has 1 unspecified atom stereocenters. The number of carbonyl (C=O) groups excluding carboxylic acids is 1. The highest BCUT2D eigenvalue weighted by atomic mass is 16.3. The molecule has 4 N–H and O–H groups in total. The molecule has 1 atom stereocenters. The molecule has 72 valence electrons. The molecule has 0 aliphatic rings. The molecule has 6 heteroatoms. The summed E-state index contributed by atoms with van der Waals surface area (Å²) < 4.78 is 4.88. The van der Waals surface area contributed by atoms with Crippen molar-refractivity contribution in [2.45, 2.75) is 6.04 Å². The number of aromatic nitrogens is 1. The second kappa shape index (κ2) is 4.01. The van der Waals surface area contributed by atoms with Crippen molar-refractivity contribution >= 4 is 5.91 Å². The van der Waals surface area contributed by atoms with Crippen LogP contribution in [0.5, 0.6) is 0 Å². The smallest absolute Gasteiger partial charge is 0.272 e. The van der Waals surface area contributed by atoms with Gasteiger partial charge < -0.3 is 20.6 Å². The molecule has 0 saturated carbocycles. The zero-order valence-electron chi connectivity index (χ0n) is 7.15. The molecule has 1 aromatic rings. The van der Waals surface area contributed by atoms with Crippen LogP contribution in [0, 0.1) is 0 Å². The first kappa shape index (κ1) is 9.69. The van der Waals surface area contributed by atoms with E-state index in [2.05, 4.69) is 10.3 Å². The van der Waals surface area contributed by atoms with Crippen molar-refractivity contribution in [3.63, 3.8) is 0 Å². The number of hydrogen-bond donors (Lipinski definition) is 3. The lowest BCUT2D eigenvalue weighted by atomic mass is 10.3. The molecule has 0 bridgehead atoms. The summed E-state index contributed by atoms with van der Waals surface area (Å²) in [6.07, 6.45) is 1.20. The number of hydrogen-bond acceptors (Lipinski definition) is 5. The van der Waals surface area contributed by atoms with Crippen LogP contribution in [0.1, 0.15) is 22.4 Å². The standard InChI is InChI=1S/C7H11N3O3/c1-9-6(12)5-3-13-7(10-5)4(8)2-11/h3-4,11H,2,8H2,1H3,(H,9,12). The summed E-state index contributed by atoms with van der Waals surface area (Å²) in [6, 6.07) is -0.682.